The number of rotatable bonds is 5. The van der Waals surface area contributed by atoms with Gasteiger partial charge in [0.2, 0.25) is 0 Å². The predicted octanol–water partition coefficient (Wildman–Crippen LogP) is 4.32. The molecule has 4 rings (SSSR count). The third-order valence-corrected chi connectivity index (χ3v) is 4.45. The third-order valence-electron chi connectivity index (χ3n) is 4.45. The number of alkyl halides is 3. The molecule has 4 aromatic rings. The van der Waals surface area contributed by atoms with Crippen molar-refractivity contribution in [1.29, 1.82) is 0 Å². The first-order chi connectivity index (χ1) is 14.9. The Bertz CT molecular complexity index is 1200. The summed E-state index contributed by atoms with van der Waals surface area (Å²) < 4.78 is 47.8. The fourth-order valence-electron chi connectivity index (χ4n) is 3.05. The van der Waals surface area contributed by atoms with Crippen molar-refractivity contribution in [3.8, 4) is 22.6 Å². The molecule has 31 heavy (non-hydrogen) atoms. The smallest absolute Gasteiger partial charge is 0.434 e. The summed E-state index contributed by atoms with van der Waals surface area (Å²) in [6, 6.07) is 15.5. The Morgan fingerprint density at radius 1 is 1.03 bits per heavy atom. The van der Waals surface area contributed by atoms with Gasteiger partial charge in [0.15, 0.2) is 5.69 Å². The number of carbonyl (C=O) groups excluding carboxylic acids is 1. The molecular weight excluding hydrogens is 411 g/mol. The number of benzene rings is 2. The van der Waals surface area contributed by atoms with Gasteiger partial charge in [-0.05, 0) is 31.2 Å². The summed E-state index contributed by atoms with van der Waals surface area (Å²) in [5.41, 5.74) is 0.464. The largest absolute Gasteiger partial charge is 0.462 e. The molecule has 0 saturated heterocycles. The molecule has 7 nitrogen and oxygen atoms in total. The number of ether oxygens (including phenoxy) is 1. The molecule has 0 saturated carbocycles. The zero-order valence-corrected chi connectivity index (χ0v) is 16.2. The van der Waals surface area contributed by atoms with Crippen molar-refractivity contribution in [2.75, 3.05) is 6.61 Å². The van der Waals surface area contributed by atoms with Crippen LogP contribution in [0.3, 0.4) is 0 Å². The minimum absolute atomic E-state index is 0.0428. The molecule has 2 aromatic carbocycles. The zero-order chi connectivity index (χ0) is 22.0. The van der Waals surface area contributed by atoms with Gasteiger partial charge in [-0.2, -0.15) is 18.3 Å². The van der Waals surface area contributed by atoms with E-state index in [-0.39, 0.29) is 12.3 Å². The summed E-state index contributed by atoms with van der Waals surface area (Å²) in [5, 5.41) is 12.0. The molecule has 10 heteroatoms. The Hall–Kier alpha value is -3.95. The molecule has 0 radical (unpaired) electrons. The lowest BCUT2D eigenvalue weighted by Crippen LogP contribution is -2.18. The first-order valence-electron chi connectivity index (χ1n) is 9.29. The van der Waals surface area contributed by atoms with E-state index < -0.39 is 23.4 Å². The first-order valence-corrected chi connectivity index (χ1v) is 9.29. The molecule has 0 aliphatic rings. The van der Waals surface area contributed by atoms with Crippen LogP contribution in [0.4, 0.5) is 13.2 Å². The van der Waals surface area contributed by atoms with Crippen LogP contribution in [0, 0.1) is 0 Å². The number of carbonyl (C=O) groups is 1. The maximum atomic E-state index is 13.6. The number of esters is 1. The predicted molar refractivity (Wildman–Crippen MR) is 105 cm³/mol. The fraction of sp³-hybridized carbons (Fsp3) is 0.143. The van der Waals surface area contributed by atoms with Crippen LogP contribution in [0.2, 0.25) is 0 Å². The highest BCUT2D eigenvalue weighted by Gasteiger charge is 2.41. The second-order valence-electron chi connectivity index (χ2n) is 6.47. The second kappa shape index (κ2) is 8.05. The number of halogens is 3. The van der Waals surface area contributed by atoms with Gasteiger partial charge < -0.3 is 4.74 Å². The van der Waals surface area contributed by atoms with Crippen molar-refractivity contribution in [3.63, 3.8) is 0 Å². The molecule has 158 valence electrons. The molecular formula is C21H16F3N5O2. The molecule has 2 aromatic heterocycles. The van der Waals surface area contributed by atoms with Gasteiger partial charge in [-0.25, -0.2) is 14.2 Å². The van der Waals surface area contributed by atoms with Gasteiger partial charge in [-0.3, -0.25) is 0 Å². The van der Waals surface area contributed by atoms with Crippen molar-refractivity contribution >= 4 is 5.97 Å². The molecule has 0 aliphatic carbocycles. The van der Waals surface area contributed by atoms with E-state index >= 15 is 0 Å². The van der Waals surface area contributed by atoms with E-state index in [0.29, 0.717) is 16.1 Å². The Kier molecular flexibility index (Phi) is 5.28. The van der Waals surface area contributed by atoms with Gasteiger partial charge >= 0.3 is 12.1 Å². The second-order valence-corrected chi connectivity index (χ2v) is 6.47. The Labute approximate surface area is 174 Å². The lowest BCUT2D eigenvalue weighted by molar-refractivity contribution is -0.143. The zero-order valence-electron chi connectivity index (χ0n) is 16.2. The van der Waals surface area contributed by atoms with Gasteiger partial charge in [-0.1, -0.05) is 35.5 Å². The minimum Gasteiger partial charge on any atom is -0.462 e. The van der Waals surface area contributed by atoms with Crippen molar-refractivity contribution in [2.24, 2.45) is 0 Å². The van der Waals surface area contributed by atoms with Crippen LogP contribution in [0.15, 0.2) is 67.0 Å². The van der Waals surface area contributed by atoms with Crippen LogP contribution in [0.5, 0.6) is 0 Å². The van der Waals surface area contributed by atoms with E-state index in [4.69, 9.17) is 4.74 Å². The lowest BCUT2D eigenvalue weighted by Gasteiger charge is -2.12. The Morgan fingerprint density at radius 3 is 2.35 bits per heavy atom. The molecule has 0 spiro atoms. The van der Waals surface area contributed by atoms with E-state index in [1.54, 1.807) is 18.3 Å². The van der Waals surface area contributed by atoms with E-state index in [9.17, 15) is 18.0 Å². The van der Waals surface area contributed by atoms with E-state index in [0.717, 1.165) is 11.8 Å². The van der Waals surface area contributed by atoms with Crippen LogP contribution >= 0.6 is 0 Å². The molecule has 0 unspecified atom stereocenters. The molecule has 2 heterocycles. The Morgan fingerprint density at radius 2 is 1.71 bits per heavy atom. The highest BCUT2D eigenvalue weighted by molar-refractivity contribution is 5.90. The quantitative estimate of drug-likeness (QED) is 0.444. The number of hydrogen-bond acceptors (Lipinski definition) is 5. The van der Waals surface area contributed by atoms with Gasteiger partial charge in [0.1, 0.15) is 11.3 Å². The van der Waals surface area contributed by atoms with Crippen LogP contribution < -0.4 is 0 Å². The average Bonchev–Trinajstić information content (AvgIpc) is 3.42. The lowest BCUT2D eigenvalue weighted by atomic mass is 10.2. The highest BCUT2D eigenvalue weighted by Crippen LogP contribution is 2.34. The van der Waals surface area contributed by atoms with Gasteiger partial charge in [0.25, 0.3) is 0 Å². The summed E-state index contributed by atoms with van der Waals surface area (Å²) in [6.45, 7) is 1.47. The SMILES string of the molecule is CCOC(=O)c1cnn(-c2ccc(-n3cc(-c4ccccc4)nn3)cc2)c1C(F)(F)F. The molecule has 0 bridgehead atoms. The monoisotopic (exact) mass is 427 g/mol. The normalized spacial score (nSPS) is 11.5. The average molecular weight is 427 g/mol. The first kappa shape index (κ1) is 20.3. The number of aromatic nitrogens is 5. The molecule has 0 N–H and O–H groups in total. The van der Waals surface area contributed by atoms with Crippen LogP contribution in [-0.4, -0.2) is 37.4 Å². The van der Waals surface area contributed by atoms with Crippen LogP contribution in [0.1, 0.15) is 23.0 Å². The van der Waals surface area contributed by atoms with Gasteiger partial charge in [0.05, 0.1) is 30.4 Å². The van der Waals surface area contributed by atoms with E-state index in [2.05, 4.69) is 15.4 Å². The summed E-state index contributed by atoms with van der Waals surface area (Å²) in [5.74, 6) is -1.08. The van der Waals surface area contributed by atoms with Gasteiger partial charge in [-0.15, -0.1) is 5.10 Å². The highest BCUT2D eigenvalue weighted by atomic mass is 19.4. The maximum absolute atomic E-state index is 13.6. The minimum atomic E-state index is -4.80. The van der Waals surface area contributed by atoms with Crippen LogP contribution in [0.25, 0.3) is 22.6 Å². The van der Waals surface area contributed by atoms with Crippen molar-refractivity contribution < 1.29 is 22.7 Å². The maximum Gasteiger partial charge on any atom is 0.434 e. The third kappa shape index (κ3) is 4.04. The van der Waals surface area contributed by atoms with E-state index in [1.807, 2.05) is 30.3 Å². The van der Waals surface area contributed by atoms with E-state index in [1.165, 1.54) is 23.7 Å². The fourth-order valence-corrected chi connectivity index (χ4v) is 3.05. The summed E-state index contributed by atoms with van der Waals surface area (Å²) in [4.78, 5) is 11.9. The summed E-state index contributed by atoms with van der Waals surface area (Å²) in [7, 11) is 0. The molecule has 0 atom stereocenters. The molecule has 0 aliphatic heterocycles. The topological polar surface area (TPSA) is 74.8 Å². The molecule has 0 amide bonds. The van der Waals surface area contributed by atoms with Crippen LogP contribution in [-0.2, 0) is 10.9 Å². The summed E-state index contributed by atoms with van der Waals surface area (Å²) >= 11 is 0. The standard InChI is InChI=1S/C21H16F3N5O2/c1-2-31-20(30)17-12-25-29(19(17)21(22,23)24)16-10-8-15(9-11-16)28-13-18(26-27-28)14-6-4-3-5-7-14/h3-13H,2H2,1H3. The van der Waals surface area contributed by atoms with Crippen molar-refractivity contribution in [2.45, 2.75) is 13.1 Å². The number of hydrogen-bond donors (Lipinski definition) is 0. The Balaban J connectivity index is 1.66. The number of nitrogens with zero attached hydrogens (tertiary/aromatic N) is 5. The van der Waals surface area contributed by atoms with Crippen molar-refractivity contribution in [1.82, 2.24) is 24.8 Å². The summed E-state index contributed by atoms with van der Waals surface area (Å²) in [6.07, 6.45) is -2.22. The van der Waals surface area contributed by atoms with Gasteiger partial charge in [0, 0.05) is 5.56 Å². The molecule has 0 fully saturated rings. The van der Waals surface area contributed by atoms with Crippen molar-refractivity contribution in [3.05, 3.63) is 78.2 Å².